The molecule has 14 heavy (non-hydrogen) atoms. The Morgan fingerprint density at radius 1 is 1.14 bits per heavy atom. The normalized spacial score (nSPS) is 10.4. The van der Waals surface area contributed by atoms with Gasteiger partial charge in [0.15, 0.2) is 0 Å². The standard InChI is InChI=1S/C9H10N4O/c1-5-9(6(2)11-10-5)7-3-4-8(14)13-12-7/h3-4H,1-2H3,(H,10,11)(H,13,14). The fourth-order valence-electron chi connectivity index (χ4n) is 1.41. The first-order valence-corrected chi connectivity index (χ1v) is 4.26. The number of nitrogens with one attached hydrogen (secondary N) is 2. The summed E-state index contributed by atoms with van der Waals surface area (Å²) in [5, 5.41) is 13.3. The molecule has 2 aromatic rings. The second-order valence-corrected chi connectivity index (χ2v) is 3.12. The van der Waals surface area contributed by atoms with Crippen LogP contribution >= 0.6 is 0 Å². The van der Waals surface area contributed by atoms with Gasteiger partial charge in [0, 0.05) is 17.3 Å². The predicted molar refractivity (Wildman–Crippen MR) is 51.9 cm³/mol. The largest absolute Gasteiger partial charge is 0.282 e. The van der Waals surface area contributed by atoms with E-state index in [4.69, 9.17) is 0 Å². The number of hydrogen-bond donors (Lipinski definition) is 2. The van der Waals surface area contributed by atoms with E-state index < -0.39 is 0 Å². The molecular weight excluding hydrogens is 180 g/mol. The Morgan fingerprint density at radius 3 is 2.43 bits per heavy atom. The van der Waals surface area contributed by atoms with Gasteiger partial charge in [-0.15, -0.1) is 0 Å². The van der Waals surface area contributed by atoms with Crippen molar-refractivity contribution in [2.75, 3.05) is 0 Å². The molecule has 5 nitrogen and oxygen atoms in total. The first-order chi connectivity index (χ1) is 6.68. The van der Waals surface area contributed by atoms with Crippen LogP contribution in [0.3, 0.4) is 0 Å². The molecule has 0 aliphatic heterocycles. The molecule has 0 spiro atoms. The molecule has 0 aliphatic carbocycles. The zero-order chi connectivity index (χ0) is 10.1. The molecule has 0 amide bonds. The van der Waals surface area contributed by atoms with E-state index >= 15 is 0 Å². The van der Waals surface area contributed by atoms with E-state index in [1.54, 1.807) is 6.07 Å². The zero-order valence-corrected chi connectivity index (χ0v) is 7.96. The first kappa shape index (κ1) is 8.68. The number of hydrogen-bond acceptors (Lipinski definition) is 3. The van der Waals surface area contributed by atoms with Gasteiger partial charge >= 0.3 is 0 Å². The molecule has 2 rings (SSSR count). The van der Waals surface area contributed by atoms with E-state index in [2.05, 4.69) is 20.4 Å². The van der Waals surface area contributed by atoms with Crippen molar-refractivity contribution >= 4 is 0 Å². The third kappa shape index (κ3) is 1.32. The summed E-state index contributed by atoms with van der Waals surface area (Å²) in [6.45, 7) is 3.81. The van der Waals surface area contributed by atoms with Crippen LogP contribution in [-0.4, -0.2) is 20.4 Å². The Labute approximate surface area is 80.2 Å². The van der Waals surface area contributed by atoms with Gasteiger partial charge in [-0.05, 0) is 19.9 Å². The summed E-state index contributed by atoms with van der Waals surface area (Å²) in [7, 11) is 0. The van der Waals surface area contributed by atoms with Gasteiger partial charge < -0.3 is 0 Å². The molecule has 0 atom stereocenters. The minimum absolute atomic E-state index is 0.201. The van der Waals surface area contributed by atoms with Crippen molar-refractivity contribution in [3.63, 3.8) is 0 Å². The van der Waals surface area contributed by atoms with Crippen LogP contribution in [0.2, 0.25) is 0 Å². The van der Waals surface area contributed by atoms with Gasteiger partial charge in [-0.25, -0.2) is 5.10 Å². The van der Waals surface area contributed by atoms with Gasteiger partial charge in [0.2, 0.25) is 0 Å². The summed E-state index contributed by atoms with van der Waals surface area (Å²) in [4.78, 5) is 10.8. The van der Waals surface area contributed by atoms with Gasteiger partial charge in [-0.2, -0.15) is 10.2 Å². The SMILES string of the molecule is Cc1n[nH]c(C)c1-c1ccc(=O)[nH]n1. The lowest BCUT2D eigenvalue weighted by atomic mass is 10.1. The highest BCUT2D eigenvalue weighted by Gasteiger charge is 2.09. The molecule has 0 radical (unpaired) electrons. The quantitative estimate of drug-likeness (QED) is 0.697. The van der Waals surface area contributed by atoms with Gasteiger partial charge in [0.05, 0.1) is 11.4 Å². The van der Waals surface area contributed by atoms with Gasteiger partial charge in [0.1, 0.15) is 0 Å². The fourth-order valence-corrected chi connectivity index (χ4v) is 1.41. The summed E-state index contributed by atoms with van der Waals surface area (Å²) in [6, 6.07) is 3.14. The van der Waals surface area contributed by atoms with Crippen molar-refractivity contribution < 1.29 is 0 Å². The summed E-state index contributed by atoms with van der Waals surface area (Å²) < 4.78 is 0. The van der Waals surface area contributed by atoms with E-state index in [9.17, 15) is 4.79 Å². The number of aromatic nitrogens is 4. The third-order valence-electron chi connectivity index (χ3n) is 2.06. The zero-order valence-electron chi connectivity index (χ0n) is 7.96. The van der Waals surface area contributed by atoms with Crippen LogP contribution in [0.5, 0.6) is 0 Å². The monoisotopic (exact) mass is 190 g/mol. The number of aryl methyl sites for hydroxylation is 2. The molecule has 0 fully saturated rings. The lowest BCUT2D eigenvalue weighted by Crippen LogP contribution is -2.05. The molecule has 0 bridgehead atoms. The maximum Gasteiger partial charge on any atom is 0.264 e. The highest BCUT2D eigenvalue weighted by Crippen LogP contribution is 2.21. The van der Waals surface area contributed by atoms with Crippen LogP contribution in [0.1, 0.15) is 11.4 Å². The Hall–Kier alpha value is -1.91. The Morgan fingerprint density at radius 2 is 1.93 bits per heavy atom. The topological polar surface area (TPSA) is 74.4 Å². The number of nitrogens with zero attached hydrogens (tertiary/aromatic N) is 2. The second kappa shape index (κ2) is 3.10. The molecule has 0 saturated heterocycles. The van der Waals surface area contributed by atoms with E-state index in [0.717, 1.165) is 22.6 Å². The molecule has 0 aliphatic rings. The summed E-state index contributed by atoms with van der Waals surface area (Å²) >= 11 is 0. The molecule has 2 heterocycles. The van der Waals surface area contributed by atoms with Crippen molar-refractivity contribution in [3.05, 3.63) is 33.9 Å². The Bertz CT molecular complexity index is 472. The molecule has 5 heteroatoms. The summed E-state index contributed by atoms with van der Waals surface area (Å²) in [5.74, 6) is 0. The number of H-pyrrole nitrogens is 2. The van der Waals surface area contributed by atoms with Crippen molar-refractivity contribution in [3.8, 4) is 11.3 Å². The molecule has 0 aromatic carbocycles. The lowest BCUT2D eigenvalue weighted by Gasteiger charge is -1.97. The lowest BCUT2D eigenvalue weighted by molar-refractivity contribution is 0.992. The third-order valence-corrected chi connectivity index (χ3v) is 2.06. The summed E-state index contributed by atoms with van der Waals surface area (Å²) in [5.41, 5.74) is 3.30. The van der Waals surface area contributed by atoms with Crippen molar-refractivity contribution in [2.45, 2.75) is 13.8 Å². The highest BCUT2D eigenvalue weighted by atomic mass is 16.1. The van der Waals surface area contributed by atoms with E-state index in [-0.39, 0.29) is 5.56 Å². The van der Waals surface area contributed by atoms with Gasteiger partial charge in [0.25, 0.3) is 5.56 Å². The number of rotatable bonds is 1. The van der Waals surface area contributed by atoms with Crippen LogP contribution in [0.25, 0.3) is 11.3 Å². The fraction of sp³-hybridized carbons (Fsp3) is 0.222. The van der Waals surface area contributed by atoms with Crippen molar-refractivity contribution in [2.24, 2.45) is 0 Å². The molecule has 0 unspecified atom stereocenters. The molecule has 2 aromatic heterocycles. The molecular formula is C9H10N4O. The van der Waals surface area contributed by atoms with Gasteiger partial charge in [-0.1, -0.05) is 0 Å². The van der Waals surface area contributed by atoms with E-state index in [0.29, 0.717) is 0 Å². The second-order valence-electron chi connectivity index (χ2n) is 3.12. The molecule has 72 valence electrons. The summed E-state index contributed by atoms with van der Waals surface area (Å²) in [6.07, 6.45) is 0. The maximum absolute atomic E-state index is 10.8. The smallest absolute Gasteiger partial charge is 0.264 e. The van der Waals surface area contributed by atoms with Crippen LogP contribution in [-0.2, 0) is 0 Å². The molecule has 2 N–H and O–H groups in total. The van der Waals surface area contributed by atoms with Crippen LogP contribution in [0.4, 0.5) is 0 Å². The van der Waals surface area contributed by atoms with Crippen LogP contribution in [0.15, 0.2) is 16.9 Å². The average molecular weight is 190 g/mol. The average Bonchev–Trinajstić information content (AvgIpc) is 2.49. The molecule has 0 saturated carbocycles. The van der Waals surface area contributed by atoms with Crippen molar-refractivity contribution in [1.82, 2.24) is 20.4 Å². The Kier molecular flexibility index (Phi) is 1.92. The Balaban J connectivity index is 2.60. The minimum atomic E-state index is -0.201. The minimum Gasteiger partial charge on any atom is -0.282 e. The first-order valence-electron chi connectivity index (χ1n) is 4.26. The van der Waals surface area contributed by atoms with Crippen LogP contribution in [0, 0.1) is 13.8 Å². The highest BCUT2D eigenvalue weighted by molar-refractivity contribution is 5.63. The van der Waals surface area contributed by atoms with Crippen LogP contribution < -0.4 is 5.56 Å². The maximum atomic E-state index is 10.8. The number of aromatic amines is 2. The van der Waals surface area contributed by atoms with Gasteiger partial charge in [-0.3, -0.25) is 9.89 Å². The van der Waals surface area contributed by atoms with E-state index in [1.165, 1.54) is 6.07 Å². The van der Waals surface area contributed by atoms with E-state index in [1.807, 2.05) is 13.8 Å². The van der Waals surface area contributed by atoms with Crippen molar-refractivity contribution in [1.29, 1.82) is 0 Å². The predicted octanol–water partition coefficient (Wildman–Crippen LogP) is 0.777.